The van der Waals surface area contributed by atoms with E-state index in [2.05, 4.69) is 21.0 Å². The number of aromatic nitrogens is 2. The summed E-state index contributed by atoms with van der Waals surface area (Å²) in [5.41, 5.74) is 1.67. The molecule has 2 aromatic rings. The first-order valence-electron chi connectivity index (χ1n) is 6.31. The fourth-order valence-electron chi connectivity index (χ4n) is 1.96. The van der Waals surface area contributed by atoms with Crippen LogP contribution in [0.3, 0.4) is 0 Å². The molecule has 0 amide bonds. The molecule has 0 saturated carbocycles. The maximum atomic E-state index is 11.1. The van der Waals surface area contributed by atoms with E-state index in [4.69, 9.17) is 9.84 Å². The number of carboxylic acids is 1. The predicted molar refractivity (Wildman–Crippen MR) is 79.2 cm³/mol. The highest BCUT2D eigenvalue weighted by Gasteiger charge is 2.21. The lowest BCUT2D eigenvalue weighted by atomic mass is 10.1. The molecule has 0 spiro atoms. The van der Waals surface area contributed by atoms with Crippen molar-refractivity contribution in [1.82, 2.24) is 9.78 Å². The van der Waals surface area contributed by atoms with E-state index < -0.39 is 5.97 Å². The summed E-state index contributed by atoms with van der Waals surface area (Å²) in [6, 6.07) is 7.51. The number of nitrogens with zero attached hydrogens (tertiary/aromatic N) is 2. The van der Waals surface area contributed by atoms with Gasteiger partial charge in [-0.15, -0.1) is 0 Å². The number of aryl methyl sites for hydroxylation is 1. The van der Waals surface area contributed by atoms with E-state index in [1.165, 1.54) is 0 Å². The van der Waals surface area contributed by atoms with Crippen molar-refractivity contribution in [2.45, 2.75) is 20.4 Å². The van der Waals surface area contributed by atoms with Crippen molar-refractivity contribution >= 4 is 21.9 Å². The third kappa shape index (κ3) is 2.70. The zero-order valence-corrected chi connectivity index (χ0v) is 12.8. The van der Waals surface area contributed by atoms with Crippen molar-refractivity contribution in [2.75, 3.05) is 6.61 Å². The normalized spacial score (nSPS) is 10.6. The molecule has 6 heteroatoms. The molecule has 0 unspecified atom stereocenters. The Kier molecular flexibility index (Phi) is 4.44. The van der Waals surface area contributed by atoms with Crippen LogP contribution in [0.5, 0.6) is 5.75 Å². The van der Waals surface area contributed by atoms with Crippen LogP contribution in [0.4, 0.5) is 0 Å². The number of hydrogen-bond donors (Lipinski definition) is 1. The molecule has 2 rings (SSSR count). The molecule has 0 aliphatic heterocycles. The Hall–Kier alpha value is -1.82. The summed E-state index contributed by atoms with van der Waals surface area (Å²) in [5, 5.41) is 13.2. The minimum absolute atomic E-state index is 0.0238. The molecule has 1 aromatic heterocycles. The summed E-state index contributed by atoms with van der Waals surface area (Å²) in [7, 11) is 0. The number of benzene rings is 1. The lowest BCUT2D eigenvalue weighted by Gasteiger charge is -2.07. The highest BCUT2D eigenvalue weighted by atomic mass is 79.9. The quantitative estimate of drug-likeness (QED) is 0.906. The van der Waals surface area contributed by atoms with Gasteiger partial charge in [0.05, 0.1) is 16.8 Å². The monoisotopic (exact) mass is 338 g/mol. The van der Waals surface area contributed by atoms with Crippen molar-refractivity contribution in [3.8, 4) is 17.0 Å². The Morgan fingerprint density at radius 1 is 1.35 bits per heavy atom. The molecular formula is C14H15BrN2O3. The average molecular weight is 339 g/mol. The topological polar surface area (TPSA) is 64.3 Å². The number of ether oxygens (including phenoxy) is 1. The minimum Gasteiger partial charge on any atom is -0.494 e. The summed E-state index contributed by atoms with van der Waals surface area (Å²) in [4.78, 5) is 11.1. The SMILES string of the molecule is CCOc1ccc(-c2c(Br)c(C(=O)O)nn2CC)cc1. The van der Waals surface area contributed by atoms with Crippen LogP contribution in [0, 0.1) is 0 Å². The van der Waals surface area contributed by atoms with E-state index in [1.54, 1.807) is 4.68 Å². The Morgan fingerprint density at radius 3 is 2.50 bits per heavy atom. The van der Waals surface area contributed by atoms with Crippen LogP contribution in [0.1, 0.15) is 24.3 Å². The summed E-state index contributed by atoms with van der Waals surface area (Å²) < 4.78 is 7.56. The van der Waals surface area contributed by atoms with Crippen LogP contribution < -0.4 is 4.74 Å². The van der Waals surface area contributed by atoms with Gasteiger partial charge in [-0.2, -0.15) is 5.10 Å². The zero-order chi connectivity index (χ0) is 14.7. The van der Waals surface area contributed by atoms with E-state index >= 15 is 0 Å². The van der Waals surface area contributed by atoms with Gasteiger partial charge in [0.15, 0.2) is 5.69 Å². The predicted octanol–water partition coefficient (Wildman–Crippen LogP) is 3.43. The minimum atomic E-state index is -1.05. The Balaban J connectivity index is 2.48. The number of carboxylic acid groups (broad SMARTS) is 1. The molecule has 106 valence electrons. The number of hydrogen-bond acceptors (Lipinski definition) is 3. The molecule has 1 heterocycles. The van der Waals surface area contributed by atoms with E-state index in [0.717, 1.165) is 17.0 Å². The van der Waals surface area contributed by atoms with Gasteiger partial charge in [-0.05, 0) is 54.0 Å². The molecule has 1 N–H and O–H groups in total. The third-order valence-corrected chi connectivity index (χ3v) is 3.59. The Bertz CT molecular complexity index is 620. The fourth-order valence-corrected chi connectivity index (χ4v) is 2.64. The average Bonchev–Trinajstić information content (AvgIpc) is 2.77. The first-order chi connectivity index (χ1) is 9.58. The van der Waals surface area contributed by atoms with E-state index in [-0.39, 0.29) is 5.69 Å². The molecule has 0 atom stereocenters. The van der Waals surface area contributed by atoms with Crippen molar-refractivity contribution < 1.29 is 14.6 Å². The largest absolute Gasteiger partial charge is 0.494 e. The van der Waals surface area contributed by atoms with Crippen LogP contribution in [0.25, 0.3) is 11.3 Å². The van der Waals surface area contributed by atoms with E-state index in [0.29, 0.717) is 17.6 Å². The molecule has 20 heavy (non-hydrogen) atoms. The van der Waals surface area contributed by atoms with Gasteiger partial charge in [0.2, 0.25) is 0 Å². The molecule has 0 saturated heterocycles. The maximum absolute atomic E-state index is 11.1. The molecular weight excluding hydrogens is 324 g/mol. The lowest BCUT2D eigenvalue weighted by Crippen LogP contribution is -2.02. The second-order valence-electron chi connectivity index (χ2n) is 4.09. The standard InChI is InChI=1S/C14H15BrN2O3/c1-3-17-13(11(15)12(16-17)14(18)19)9-5-7-10(8-6-9)20-4-2/h5-8H,3-4H2,1-2H3,(H,18,19). The van der Waals surface area contributed by atoms with Gasteiger partial charge < -0.3 is 9.84 Å². The first kappa shape index (κ1) is 14.6. The van der Waals surface area contributed by atoms with Crippen molar-refractivity contribution in [3.05, 3.63) is 34.4 Å². The number of halogens is 1. The van der Waals surface area contributed by atoms with Crippen molar-refractivity contribution in [1.29, 1.82) is 0 Å². The molecule has 0 aliphatic carbocycles. The summed E-state index contributed by atoms with van der Waals surface area (Å²) in [6.07, 6.45) is 0. The molecule has 1 aromatic carbocycles. The van der Waals surface area contributed by atoms with Crippen LogP contribution in [-0.4, -0.2) is 27.5 Å². The molecule has 5 nitrogen and oxygen atoms in total. The molecule has 0 fully saturated rings. The molecule has 0 aliphatic rings. The van der Waals surface area contributed by atoms with Gasteiger partial charge in [0, 0.05) is 12.1 Å². The van der Waals surface area contributed by atoms with Crippen LogP contribution in [0.2, 0.25) is 0 Å². The highest BCUT2D eigenvalue weighted by Crippen LogP contribution is 2.32. The number of carbonyl (C=O) groups is 1. The number of rotatable bonds is 5. The third-order valence-electron chi connectivity index (χ3n) is 2.84. The summed E-state index contributed by atoms with van der Waals surface area (Å²) in [5.74, 6) is -0.260. The van der Waals surface area contributed by atoms with Gasteiger partial charge in [0.1, 0.15) is 5.75 Å². The van der Waals surface area contributed by atoms with Gasteiger partial charge in [-0.1, -0.05) is 0 Å². The van der Waals surface area contributed by atoms with Crippen LogP contribution in [0.15, 0.2) is 28.7 Å². The molecule has 0 radical (unpaired) electrons. The fraction of sp³-hybridized carbons (Fsp3) is 0.286. The van der Waals surface area contributed by atoms with Crippen molar-refractivity contribution in [3.63, 3.8) is 0 Å². The zero-order valence-electron chi connectivity index (χ0n) is 11.3. The summed E-state index contributed by atoms with van der Waals surface area (Å²) in [6.45, 7) is 5.05. The van der Waals surface area contributed by atoms with E-state index in [9.17, 15) is 4.79 Å². The van der Waals surface area contributed by atoms with Gasteiger partial charge in [-0.3, -0.25) is 4.68 Å². The summed E-state index contributed by atoms with van der Waals surface area (Å²) >= 11 is 3.33. The number of aromatic carboxylic acids is 1. The van der Waals surface area contributed by atoms with E-state index in [1.807, 2.05) is 38.1 Å². The van der Waals surface area contributed by atoms with Gasteiger partial charge >= 0.3 is 5.97 Å². The maximum Gasteiger partial charge on any atom is 0.357 e. The lowest BCUT2D eigenvalue weighted by molar-refractivity contribution is 0.0688. The first-order valence-corrected chi connectivity index (χ1v) is 7.10. The second-order valence-corrected chi connectivity index (χ2v) is 4.88. The Labute approximate surface area is 125 Å². The second kappa shape index (κ2) is 6.09. The van der Waals surface area contributed by atoms with Crippen LogP contribution >= 0.6 is 15.9 Å². The molecule has 0 bridgehead atoms. The van der Waals surface area contributed by atoms with Crippen LogP contribution in [-0.2, 0) is 6.54 Å². The smallest absolute Gasteiger partial charge is 0.357 e. The Morgan fingerprint density at radius 2 is 2.00 bits per heavy atom. The van der Waals surface area contributed by atoms with Gasteiger partial charge in [-0.25, -0.2) is 4.79 Å². The van der Waals surface area contributed by atoms with Crippen molar-refractivity contribution in [2.24, 2.45) is 0 Å². The van der Waals surface area contributed by atoms with Gasteiger partial charge in [0.25, 0.3) is 0 Å². The highest BCUT2D eigenvalue weighted by molar-refractivity contribution is 9.10.